The van der Waals surface area contributed by atoms with E-state index in [1.165, 1.54) is 11.1 Å². The van der Waals surface area contributed by atoms with Crippen LogP contribution in [0.1, 0.15) is 36.6 Å². The lowest BCUT2D eigenvalue weighted by molar-refractivity contribution is 0.0161. The molecule has 1 unspecified atom stereocenters. The van der Waals surface area contributed by atoms with Crippen molar-refractivity contribution in [3.63, 3.8) is 0 Å². The number of aryl methyl sites for hydroxylation is 2. The summed E-state index contributed by atoms with van der Waals surface area (Å²) < 4.78 is 10.9. The zero-order chi connectivity index (χ0) is 13.5. The minimum Gasteiger partial charge on any atom is -0.377 e. The summed E-state index contributed by atoms with van der Waals surface area (Å²) in [4.78, 5) is 0. The Hall–Kier alpha value is -0.900. The first-order valence-corrected chi connectivity index (χ1v) is 6.52. The van der Waals surface area contributed by atoms with E-state index in [0.717, 1.165) is 5.56 Å². The highest BCUT2D eigenvalue weighted by Crippen LogP contribution is 2.15. The minimum absolute atomic E-state index is 0.0670. The SMILES string of the molecule is Cc1cc(C)cc(C(N)COCCOC(C)C)c1. The van der Waals surface area contributed by atoms with Crippen molar-refractivity contribution >= 4 is 0 Å². The van der Waals surface area contributed by atoms with Crippen molar-refractivity contribution in [1.29, 1.82) is 0 Å². The van der Waals surface area contributed by atoms with Gasteiger partial charge in [0.1, 0.15) is 0 Å². The molecule has 0 saturated heterocycles. The Morgan fingerprint density at radius 3 is 2.22 bits per heavy atom. The van der Waals surface area contributed by atoms with E-state index in [2.05, 4.69) is 32.0 Å². The van der Waals surface area contributed by atoms with Gasteiger partial charge in [0.05, 0.1) is 32.0 Å². The van der Waals surface area contributed by atoms with Gasteiger partial charge in [0.15, 0.2) is 0 Å². The molecule has 1 rings (SSSR count). The summed E-state index contributed by atoms with van der Waals surface area (Å²) >= 11 is 0. The van der Waals surface area contributed by atoms with Crippen LogP contribution in [0, 0.1) is 13.8 Å². The molecule has 1 atom stereocenters. The van der Waals surface area contributed by atoms with E-state index in [0.29, 0.717) is 19.8 Å². The number of nitrogens with two attached hydrogens (primary N) is 1. The predicted molar refractivity (Wildman–Crippen MR) is 74.8 cm³/mol. The van der Waals surface area contributed by atoms with Gasteiger partial charge in [0.25, 0.3) is 0 Å². The normalized spacial score (nSPS) is 13.0. The van der Waals surface area contributed by atoms with Gasteiger partial charge in [0, 0.05) is 0 Å². The van der Waals surface area contributed by atoms with Crippen LogP contribution in [0.25, 0.3) is 0 Å². The largest absolute Gasteiger partial charge is 0.377 e. The zero-order valence-electron chi connectivity index (χ0n) is 11.9. The molecule has 0 radical (unpaired) electrons. The van der Waals surface area contributed by atoms with Crippen LogP contribution < -0.4 is 5.73 Å². The van der Waals surface area contributed by atoms with Crippen molar-refractivity contribution in [3.8, 4) is 0 Å². The summed E-state index contributed by atoms with van der Waals surface area (Å²) in [7, 11) is 0. The Kier molecular flexibility index (Phi) is 6.33. The highest BCUT2D eigenvalue weighted by molar-refractivity contribution is 5.30. The van der Waals surface area contributed by atoms with Gasteiger partial charge in [-0.15, -0.1) is 0 Å². The molecule has 0 aliphatic rings. The Labute approximate surface area is 110 Å². The van der Waals surface area contributed by atoms with Crippen LogP contribution in [0.4, 0.5) is 0 Å². The van der Waals surface area contributed by atoms with Gasteiger partial charge in [-0.3, -0.25) is 0 Å². The molecule has 2 N–H and O–H groups in total. The number of hydrogen-bond donors (Lipinski definition) is 1. The van der Waals surface area contributed by atoms with Gasteiger partial charge >= 0.3 is 0 Å². The molecule has 0 bridgehead atoms. The molecule has 1 aromatic rings. The van der Waals surface area contributed by atoms with Crippen molar-refractivity contribution in [2.45, 2.75) is 39.8 Å². The maximum atomic E-state index is 6.11. The molecule has 0 fully saturated rings. The Balaban J connectivity index is 2.34. The molecule has 0 heterocycles. The second kappa shape index (κ2) is 7.52. The molecule has 0 amide bonds. The van der Waals surface area contributed by atoms with Crippen molar-refractivity contribution in [2.24, 2.45) is 5.73 Å². The molecule has 0 saturated carbocycles. The first-order chi connectivity index (χ1) is 8.49. The van der Waals surface area contributed by atoms with Crippen LogP contribution in [0.2, 0.25) is 0 Å². The Morgan fingerprint density at radius 2 is 1.67 bits per heavy atom. The second-order valence-corrected chi connectivity index (χ2v) is 5.02. The average Bonchev–Trinajstić information content (AvgIpc) is 2.26. The molecule has 102 valence electrons. The van der Waals surface area contributed by atoms with Crippen LogP contribution >= 0.6 is 0 Å². The van der Waals surface area contributed by atoms with Crippen LogP contribution in [-0.2, 0) is 9.47 Å². The third-order valence-electron chi connectivity index (χ3n) is 2.65. The summed E-state index contributed by atoms with van der Waals surface area (Å²) in [6.45, 7) is 9.95. The molecule has 0 spiro atoms. The zero-order valence-corrected chi connectivity index (χ0v) is 11.9. The lowest BCUT2D eigenvalue weighted by atomic mass is 10.0. The fraction of sp³-hybridized carbons (Fsp3) is 0.600. The van der Waals surface area contributed by atoms with Crippen LogP contribution in [0.5, 0.6) is 0 Å². The van der Waals surface area contributed by atoms with Gasteiger partial charge in [-0.2, -0.15) is 0 Å². The summed E-state index contributed by atoms with van der Waals surface area (Å²) in [5, 5.41) is 0. The van der Waals surface area contributed by atoms with Crippen LogP contribution in [0.3, 0.4) is 0 Å². The van der Waals surface area contributed by atoms with E-state index >= 15 is 0 Å². The third-order valence-corrected chi connectivity index (χ3v) is 2.65. The molecular weight excluding hydrogens is 226 g/mol. The second-order valence-electron chi connectivity index (χ2n) is 5.02. The summed E-state index contributed by atoms with van der Waals surface area (Å²) in [5.41, 5.74) is 9.72. The minimum atomic E-state index is -0.0670. The predicted octanol–water partition coefficient (Wildman–Crippen LogP) is 2.74. The lowest BCUT2D eigenvalue weighted by Crippen LogP contribution is -2.19. The molecule has 1 aromatic carbocycles. The molecule has 3 heteroatoms. The number of rotatable bonds is 7. The van der Waals surface area contributed by atoms with Gasteiger partial charge in [-0.25, -0.2) is 0 Å². The van der Waals surface area contributed by atoms with E-state index in [1.807, 2.05) is 13.8 Å². The molecule has 0 aromatic heterocycles. The van der Waals surface area contributed by atoms with E-state index in [1.54, 1.807) is 0 Å². The summed E-state index contributed by atoms with van der Waals surface area (Å²) in [6.07, 6.45) is 0.252. The molecule has 0 aliphatic heterocycles. The summed E-state index contributed by atoms with van der Waals surface area (Å²) in [5.74, 6) is 0. The molecule has 0 aliphatic carbocycles. The standard InChI is InChI=1S/C15H25NO2/c1-11(2)18-6-5-17-10-15(16)14-8-12(3)7-13(4)9-14/h7-9,11,15H,5-6,10,16H2,1-4H3. The van der Waals surface area contributed by atoms with E-state index in [-0.39, 0.29) is 12.1 Å². The Bertz CT molecular complexity index is 343. The molecule has 18 heavy (non-hydrogen) atoms. The maximum absolute atomic E-state index is 6.11. The van der Waals surface area contributed by atoms with Crippen molar-refractivity contribution in [1.82, 2.24) is 0 Å². The highest BCUT2D eigenvalue weighted by Gasteiger charge is 2.07. The first-order valence-electron chi connectivity index (χ1n) is 6.52. The summed E-state index contributed by atoms with van der Waals surface area (Å²) in [6, 6.07) is 6.31. The highest BCUT2D eigenvalue weighted by atomic mass is 16.5. The van der Waals surface area contributed by atoms with Crippen LogP contribution in [-0.4, -0.2) is 25.9 Å². The van der Waals surface area contributed by atoms with Crippen molar-refractivity contribution < 1.29 is 9.47 Å². The van der Waals surface area contributed by atoms with E-state index in [4.69, 9.17) is 15.2 Å². The molecule has 3 nitrogen and oxygen atoms in total. The van der Waals surface area contributed by atoms with Crippen molar-refractivity contribution in [2.75, 3.05) is 19.8 Å². The van der Waals surface area contributed by atoms with E-state index < -0.39 is 0 Å². The van der Waals surface area contributed by atoms with Gasteiger partial charge in [0.2, 0.25) is 0 Å². The third kappa shape index (κ3) is 5.63. The molecular formula is C15H25NO2. The maximum Gasteiger partial charge on any atom is 0.0703 e. The number of hydrogen-bond acceptors (Lipinski definition) is 3. The quantitative estimate of drug-likeness (QED) is 0.758. The van der Waals surface area contributed by atoms with Gasteiger partial charge < -0.3 is 15.2 Å². The Morgan fingerprint density at radius 1 is 1.06 bits per heavy atom. The number of ether oxygens (including phenoxy) is 2. The van der Waals surface area contributed by atoms with E-state index in [9.17, 15) is 0 Å². The topological polar surface area (TPSA) is 44.5 Å². The van der Waals surface area contributed by atoms with Gasteiger partial charge in [-0.05, 0) is 33.3 Å². The average molecular weight is 251 g/mol. The fourth-order valence-corrected chi connectivity index (χ4v) is 1.87. The first kappa shape index (κ1) is 15.2. The lowest BCUT2D eigenvalue weighted by Gasteiger charge is -2.14. The van der Waals surface area contributed by atoms with Crippen molar-refractivity contribution in [3.05, 3.63) is 34.9 Å². The van der Waals surface area contributed by atoms with Gasteiger partial charge in [-0.1, -0.05) is 29.3 Å². The van der Waals surface area contributed by atoms with Crippen LogP contribution in [0.15, 0.2) is 18.2 Å². The monoisotopic (exact) mass is 251 g/mol. The fourth-order valence-electron chi connectivity index (χ4n) is 1.87. The number of benzene rings is 1. The smallest absolute Gasteiger partial charge is 0.0703 e.